The maximum Gasteiger partial charge on any atom is 0.316 e. The van der Waals surface area contributed by atoms with Gasteiger partial charge >= 0.3 is 12.1 Å². The number of amides is 4. The standard InChI is InChI=1S/C14H14N4O2/c15-13(19)17-11-7-3-1-5-9(11)10-6-2-4-8-12(10)18-14(16)20/h1-8H,(H3,15,17,19)(H3,16,18,20). The highest BCUT2D eigenvalue weighted by molar-refractivity contribution is 5.98. The van der Waals surface area contributed by atoms with E-state index in [9.17, 15) is 9.59 Å². The molecule has 6 N–H and O–H groups in total. The summed E-state index contributed by atoms with van der Waals surface area (Å²) < 4.78 is 0. The Morgan fingerprint density at radius 2 is 1.05 bits per heavy atom. The number of benzene rings is 2. The molecule has 4 amide bonds. The molecule has 0 aliphatic rings. The summed E-state index contributed by atoms with van der Waals surface area (Å²) >= 11 is 0. The first kappa shape index (κ1) is 13.4. The van der Waals surface area contributed by atoms with Crippen LogP contribution in [0.2, 0.25) is 0 Å². The van der Waals surface area contributed by atoms with Gasteiger partial charge < -0.3 is 22.1 Å². The number of rotatable bonds is 3. The fraction of sp³-hybridized carbons (Fsp3) is 0. The van der Waals surface area contributed by atoms with E-state index in [2.05, 4.69) is 10.6 Å². The van der Waals surface area contributed by atoms with Gasteiger partial charge in [-0.1, -0.05) is 36.4 Å². The molecule has 2 aromatic rings. The lowest BCUT2D eigenvalue weighted by Gasteiger charge is -2.13. The first-order valence-electron chi connectivity index (χ1n) is 5.89. The maximum absolute atomic E-state index is 11.0. The van der Waals surface area contributed by atoms with Crippen molar-refractivity contribution >= 4 is 23.4 Å². The molecule has 0 aromatic heterocycles. The zero-order valence-corrected chi connectivity index (χ0v) is 10.6. The molecule has 0 bridgehead atoms. The molecule has 0 radical (unpaired) electrons. The minimum Gasteiger partial charge on any atom is -0.351 e. The van der Waals surface area contributed by atoms with Crippen LogP contribution in [0.3, 0.4) is 0 Å². The van der Waals surface area contributed by atoms with Crippen LogP contribution in [0.5, 0.6) is 0 Å². The van der Waals surface area contributed by atoms with Crippen LogP contribution in [0.4, 0.5) is 21.0 Å². The summed E-state index contributed by atoms with van der Waals surface area (Å²) in [6.07, 6.45) is 0. The lowest BCUT2D eigenvalue weighted by atomic mass is 10.0. The fourth-order valence-electron chi connectivity index (χ4n) is 1.92. The first-order chi connectivity index (χ1) is 9.58. The Kier molecular flexibility index (Phi) is 3.85. The Morgan fingerprint density at radius 1 is 0.700 bits per heavy atom. The molecule has 0 spiro atoms. The second kappa shape index (κ2) is 5.75. The highest BCUT2D eigenvalue weighted by Crippen LogP contribution is 2.33. The number of hydrogen-bond acceptors (Lipinski definition) is 2. The molecule has 0 atom stereocenters. The van der Waals surface area contributed by atoms with Gasteiger partial charge in [0.15, 0.2) is 0 Å². The van der Waals surface area contributed by atoms with Crippen molar-refractivity contribution < 1.29 is 9.59 Å². The predicted molar refractivity (Wildman–Crippen MR) is 78.3 cm³/mol. The Morgan fingerprint density at radius 3 is 1.40 bits per heavy atom. The predicted octanol–water partition coefficient (Wildman–Crippen LogP) is 2.33. The average Bonchev–Trinajstić information content (AvgIpc) is 2.39. The second-order valence-electron chi connectivity index (χ2n) is 4.07. The van der Waals surface area contributed by atoms with E-state index in [4.69, 9.17) is 11.5 Å². The van der Waals surface area contributed by atoms with Crippen molar-refractivity contribution in [1.29, 1.82) is 0 Å². The van der Waals surface area contributed by atoms with E-state index < -0.39 is 12.1 Å². The largest absolute Gasteiger partial charge is 0.351 e. The van der Waals surface area contributed by atoms with Crippen LogP contribution in [0.1, 0.15) is 0 Å². The molecule has 0 aliphatic carbocycles. The Balaban J connectivity index is 2.51. The van der Waals surface area contributed by atoms with Crippen LogP contribution in [0, 0.1) is 0 Å². The number of hydrogen-bond donors (Lipinski definition) is 4. The molecular formula is C14H14N4O2. The van der Waals surface area contributed by atoms with Crippen molar-refractivity contribution in [2.75, 3.05) is 10.6 Å². The zero-order chi connectivity index (χ0) is 14.5. The second-order valence-corrected chi connectivity index (χ2v) is 4.07. The number of anilines is 2. The number of nitrogens with two attached hydrogens (primary N) is 2. The molecule has 102 valence electrons. The summed E-state index contributed by atoms with van der Waals surface area (Å²) in [5.41, 5.74) is 12.9. The van der Waals surface area contributed by atoms with Gasteiger partial charge in [0.1, 0.15) is 0 Å². The summed E-state index contributed by atoms with van der Waals surface area (Å²) in [4.78, 5) is 22.1. The molecule has 0 saturated heterocycles. The van der Waals surface area contributed by atoms with Gasteiger partial charge in [0, 0.05) is 11.1 Å². The molecule has 0 heterocycles. The fourth-order valence-corrected chi connectivity index (χ4v) is 1.92. The highest BCUT2D eigenvalue weighted by Gasteiger charge is 2.10. The number of carbonyl (C=O) groups excluding carboxylic acids is 2. The van der Waals surface area contributed by atoms with Crippen LogP contribution in [0.15, 0.2) is 48.5 Å². The van der Waals surface area contributed by atoms with Crippen molar-refractivity contribution in [2.45, 2.75) is 0 Å². The van der Waals surface area contributed by atoms with E-state index in [1.807, 2.05) is 24.3 Å². The molecule has 0 fully saturated rings. The third-order valence-electron chi connectivity index (χ3n) is 2.66. The molecule has 6 nitrogen and oxygen atoms in total. The third kappa shape index (κ3) is 3.05. The number of primary amides is 2. The topological polar surface area (TPSA) is 110 Å². The summed E-state index contributed by atoms with van der Waals surface area (Å²) in [7, 11) is 0. The summed E-state index contributed by atoms with van der Waals surface area (Å²) in [5, 5.41) is 5.09. The van der Waals surface area contributed by atoms with E-state index >= 15 is 0 Å². The van der Waals surface area contributed by atoms with Gasteiger partial charge in [0.2, 0.25) is 0 Å². The maximum atomic E-state index is 11.0. The Labute approximate surface area is 115 Å². The first-order valence-corrected chi connectivity index (χ1v) is 5.89. The van der Waals surface area contributed by atoms with Crippen LogP contribution < -0.4 is 22.1 Å². The van der Waals surface area contributed by atoms with Crippen molar-refractivity contribution in [2.24, 2.45) is 11.5 Å². The molecule has 2 rings (SSSR count). The number of urea groups is 2. The van der Waals surface area contributed by atoms with Gasteiger partial charge in [-0.25, -0.2) is 9.59 Å². The molecule has 0 saturated carbocycles. The van der Waals surface area contributed by atoms with E-state index in [1.165, 1.54) is 0 Å². The van der Waals surface area contributed by atoms with E-state index in [1.54, 1.807) is 24.3 Å². The Hall–Kier alpha value is -3.02. The lowest BCUT2D eigenvalue weighted by Crippen LogP contribution is -2.21. The van der Waals surface area contributed by atoms with Gasteiger partial charge in [-0.2, -0.15) is 0 Å². The van der Waals surface area contributed by atoms with Gasteiger partial charge in [0.05, 0.1) is 11.4 Å². The quantitative estimate of drug-likeness (QED) is 0.686. The normalized spacial score (nSPS) is 9.80. The molecule has 6 heteroatoms. The van der Waals surface area contributed by atoms with Gasteiger partial charge in [0.25, 0.3) is 0 Å². The smallest absolute Gasteiger partial charge is 0.316 e. The Bertz CT molecular complexity index is 598. The third-order valence-corrected chi connectivity index (χ3v) is 2.66. The van der Waals surface area contributed by atoms with Gasteiger partial charge in [-0.15, -0.1) is 0 Å². The van der Waals surface area contributed by atoms with Crippen LogP contribution in [-0.2, 0) is 0 Å². The monoisotopic (exact) mass is 270 g/mol. The van der Waals surface area contributed by atoms with Crippen molar-refractivity contribution in [3.63, 3.8) is 0 Å². The van der Waals surface area contributed by atoms with Crippen LogP contribution in [-0.4, -0.2) is 12.1 Å². The number of nitrogens with one attached hydrogen (secondary N) is 2. The minimum atomic E-state index is -0.655. The van der Waals surface area contributed by atoms with Crippen molar-refractivity contribution in [3.8, 4) is 11.1 Å². The molecule has 2 aromatic carbocycles. The number of para-hydroxylation sites is 2. The molecular weight excluding hydrogens is 256 g/mol. The van der Waals surface area contributed by atoms with E-state index in [-0.39, 0.29) is 0 Å². The van der Waals surface area contributed by atoms with Gasteiger partial charge in [-0.05, 0) is 12.1 Å². The summed E-state index contributed by atoms with van der Waals surface area (Å²) in [6.45, 7) is 0. The molecule has 0 aliphatic heterocycles. The van der Waals surface area contributed by atoms with Crippen molar-refractivity contribution in [1.82, 2.24) is 0 Å². The van der Waals surface area contributed by atoms with Gasteiger partial charge in [-0.3, -0.25) is 0 Å². The lowest BCUT2D eigenvalue weighted by molar-refractivity contribution is 0.258. The SMILES string of the molecule is NC(=O)Nc1ccccc1-c1ccccc1NC(N)=O. The summed E-state index contributed by atoms with van der Waals surface area (Å²) in [5.74, 6) is 0. The van der Waals surface area contributed by atoms with Crippen LogP contribution >= 0.6 is 0 Å². The molecule has 0 unspecified atom stereocenters. The van der Waals surface area contributed by atoms with Crippen molar-refractivity contribution in [3.05, 3.63) is 48.5 Å². The summed E-state index contributed by atoms with van der Waals surface area (Å²) in [6, 6.07) is 13.0. The van der Waals surface area contributed by atoms with E-state index in [0.717, 1.165) is 11.1 Å². The van der Waals surface area contributed by atoms with E-state index in [0.29, 0.717) is 11.4 Å². The minimum absolute atomic E-state index is 0.554. The molecule has 20 heavy (non-hydrogen) atoms. The zero-order valence-electron chi connectivity index (χ0n) is 10.6. The average molecular weight is 270 g/mol. The van der Waals surface area contributed by atoms with Crippen LogP contribution in [0.25, 0.3) is 11.1 Å². The highest BCUT2D eigenvalue weighted by atomic mass is 16.2. The number of carbonyl (C=O) groups is 2.